The molecule has 3 rings (SSSR count). The summed E-state index contributed by atoms with van der Waals surface area (Å²) in [5.41, 5.74) is 1.25. The molecule has 1 aliphatic rings. The van der Waals surface area contributed by atoms with Crippen molar-refractivity contribution in [1.82, 2.24) is 4.90 Å². The summed E-state index contributed by atoms with van der Waals surface area (Å²) in [5, 5.41) is 2.87. The fourth-order valence-corrected chi connectivity index (χ4v) is 3.88. The van der Waals surface area contributed by atoms with Crippen LogP contribution < -0.4 is 0 Å². The Morgan fingerprint density at radius 2 is 2.10 bits per heavy atom. The highest BCUT2D eigenvalue weighted by atomic mass is 32.2. The lowest BCUT2D eigenvalue weighted by molar-refractivity contribution is -0.126. The summed E-state index contributed by atoms with van der Waals surface area (Å²) in [5.74, 6) is 0.997. The van der Waals surface area contributed by atoms with Crippen LogP contribution in [0.4, 0.5) is 0 Å². The molecule has 1 aromatic carbocycles. The van der Waals surface area contributed by atoms with Crippen molar-refractivity contribution in [2.75, 3.05) is 13.1 Å². The van der Waals surface area contributed by atoms with E-state index in [1.54, 1.807) is 23.1 Å². The summed E-state index contributed by atoms with van der Waals surface area (Å²) >= 11 is 3.27. The smallest absolute Gasteiger partial charge is 0.233 e. The zero-order chi connectivity index (χ0) is 14.5. The summed E-state index contributed by atoms with van der Waals surface area (Å²) in [6, 6.07) is 14.3. The van der Waals surface area contributed by atoms with Crippen molar-refractivity contribution in [3.8, 4) is 0 Å². The number of carbonyl (C=O) groups is 1. The number of amides is 1. The number of thiophene rings is 1. The van der Waals surface area contributed by atoms with Gasteiger partial charge in [0.15, 0.2) is 5.17 Å². The van der Waals surface area contributed by atoms with Crippen molar-refractivity contribution in [1.29, 1.82) is 0 Å². The van der Waals surface area contributed by atoms with Gasteiger partial charge in [0.2, 0.25) is 5.91 Å². The van der Waals surface area contributed by atoms with E-state index in [4.69, 9.17) is 0 Å². The summed E-state index contributed by atoms with van der Waals surface area (Å²) in [7, 11) is 0. The molecule has 108 valence electrons. The van der Waals surface area contributed by atoms with Crippen molar-refractivity contribution in [2.24, 2.45) is 4.99 Å². The molecule has 1 amide bonds. The van der Waals surface area contributed by atoms with Gasteiger partial charge < -0.3 is 0 Å². The first-order valence-corrected chi connectivity index (χ1v) is 8.73. The average molecular weight is 316 g/mol. The predicted octanol–water partition coefficient (Wildman–Crippen LogP) is 3.42. The normalized spacial score (nSPS) is 14.3. The van der Waals surface area contributed by atoms with Crippen molar-refractivity contribution in [3.63, 3.8) is 0 Å². The van der Waals surface area contributed by atoms with Crippen LogP contribution in [0.25, 0.3) is 0 Å². The topological polar surface area (TPSA) is 32.7 Å². The quantitative estimate of drug-likeness (QED) is 0.866. The van der Waals surface area contributed by atoms with Gasteiger partial charge in [-0.2, -0.15) is 0 Å². The maximum absolute atomic E-state index is 12.4. The molecule has 1 aromatic heterocycles. The molecule has 3 nitrogen and oxygen atoms in total. The number of amidine groups is 1. The van der Waals surface area contributed by atoms with Crippen LogP contribution in [0.15, 0.2) is 52.8 Å². The van der Waals surface area contributed by atoms with E-state index in [1.807, 2.05) is 40.6 Å². The summed E-state index contributed by atoms with van der Waals surface area (Å²) in [6.45, 7) is 1.43. The van der Waals surface area contributed by atoms with Gasteiger partial charge >= 0.3 is 0 Å². The Kier molecular flexibility index (Phi) is 4.72. The monoisotopic (exact) mass is 316 g/mol. The van der Waals surface area contributed by atoms with Gasteiger partial charge in [-0.15, -0.1) is 11.3 Å². The predicted molar refractivity (Wildman–Crippen MR) is 89.8 cm³/mol. The molecule has 0 unspecified atom stereocenters. The van der Waals surface area contributed by atoms with Crippen LogP contribution in [0.5, 0.6) is 0 Å². The summed E-state index contributed by atoms with van der Waals surface area (Å²) in [4.78, 5) is 19.8. The van der Waals surface area contributed by atoms with Gasteiger partial charge in [0.25, 0.3) is 0 Å². The lowest BCUT2D eigenvalue weighted by Gasteiger charge is -2.17. The zero-order valence-electron chi connectivity index (χ0n) is 11.6. The summed E-state index contributed by atoms with van der Waals surface area (Å²) in [6.07, 6.45) is 0.475. The van der Waals surface area contributed by atoms with Gasteiger partial charge in [0.05, 0.1) is 13.0 Å². The Balaban J connectivity index is 1.58. The molecular weight excluding hydrogens is 300 g/mol. The molecule has 0 saturated heterocycles. The van der Waals surface area contributed by atoms with Crippen molar-refractivity contribution in [3.05, 3.63) is 58.3 Å². The Labute approximate surface area is 132 Å². The molecule has 0 aliphatic carbocycles. The molecule has 2 heterocycles. The van der Waals surface area contributed by atoms with Crippen LogP contribution in [0.2, 0.25) is 0 Å². The van der Waals surface area contributed by atoms with E-state index in [2.05, 4.69) is 17.1 Å². The van der Waals surface area contributed by atoms with E-state index < -0.39 is 0 Å². The Morgan fingerprint density at radius 3 is 2.86 bits per heavy atom. The van der Waals surface area contributed by atoms with E-state index in [-0.39, 0.29) is 5.91 Å². The standard InChI is InChI=1S/C16H16N2OS2/c19-15(11-14-7-4-10-20-14)18-9-8-17-16(18)21-12-13-5-2-1-3-6-13/h1-7,10H,8-9,11-12H2. The molecule has 0 radical (unpaired) electrons. The van der Waals surface area contributed by atoms with E-state index in [9.17, 15) is 4.79 Å². The highest BCUT2D eigenvalue weighted by Crippen LogP contribution is 2.21. The number of rotatable bonds is 4. The number of hydrogen-bond acceptors (Lipinski definition) is 4. The third-order valence-electron chi connectivity index (χ3n) is 3.22. The van der Waals surface area contributed by atoms with Crippen LogP contribution in [-0.2, 0) is 17.0 Å². The molecule has 0 spiro atoms. The van der Waals surface area contributed by atoms with Gasteiger partial charge in [-0.3, -0.25) is 14.7 Å². The Hall–Kier alpha value is -1.59. The SMILES string of the molecule is O=C(Cc1cccs1)N1CCN=C1SCc1ccccc1. The molecular formula is C16H16N2OS2. The number of hydrogen-bond donors (Lipinski definition) is 0. The number of carbonyl (C=O) groups excluding carboxylic acids is 1. The largest absolute Gasteiger partial charge is 0.289 e. The number of aliphatic imine (C=N–C) groups is 1. The molecule has 5 heteroatoms. The van der Waals surface area contributed by atoms with Crippen LogP contribution in [0.1, 0.15) is 10.4 Å². The third kappa shape index (κ3) is 3.74. The van der Waals surface area contributed by atoms with Crippen molar-refractivity contribution >= 4 is 34.2 Å². The van der Waals surface area contributed by atoms with Gasteiger partial charge in [-0.25, -0.2) is 0 Å². The Bertz CT molecular complexity index is 623. The van der Waals surface area contributed by atoms with Gasteiger partial charge in [-0.1, -0.05) is 48.2 Å². The van der Waals surface area contributed by atoms with Crippen LogP contribution in [0.3, 0.4) is 0 Å². The maximum atomic E-state index is 12.4. The molecule has 0 saturated carbocycles. The van der Waals surface area contributed by atoms with Crippen LogP contribution in [-0.4, -0.2) is 29.1 Å². The van der Waals surface area contributed by atoms with Gasteiger partial charge in [-0.05, 0) is 17.0 Å². The molecule has 0 atom stereocenters. The minimum atomic E-state index is 0.147. The lowest BCUT2D eigenvalue weighted by Crippen LogP contribution is -2.33. The average Bonchev–Trinajstić information content (AvgIpc) is 3.17. The maximum Gasteiger partial charge on any atom is 0.233 e. The fourth-order valence-electron chi connectivity index (χ4n) is 2.16. The lowest BCUT2D eigenvalue weighted by atomic mass is 10.2. The first-order valence-electron chi connectivity index (χ1n) is 6.87. The second kappa shape index (κ2) is 6.91. The zero-order valence-corrected chi connectivity index (χ0v) is 13.2. The van der Waals surface area contributed by atoms with Crippen LogP contribution in [0, 0.1) is 0 Å². The van der Waals surface area contributed by atoms with Crippen molar-refractivity contribution in [2.45, 2.75) is 12.2 Å². The number of nitrogens with zero attached hydrogens (tertiary/aromatic N) is 2. The first kappa shape index (κ1) is 14.4. The molecule has 0 bridgehead atoms. The van der Waals surface area contributed by atoms with Gasteiger partial charge in [0.1, 0.15) is 0 Å². The van der Waals surface area contributed by atoms with E-state index in [0.717, 1.165) is 15.8 Å². The summed E-state index contributed by atoms with van der Waals surface area (Å²) < 4.78 is 0. The highest BCUT2D eigenvalue weighted by Gasteiger charge is 2.24. The van der Waals surface area contributed by atoms with E-state index >= 15 is 0 Å². The highest BCUT2D eigenvalue weighted by molar-refractivity contribution is 8.13. The second-order valence-corrected chi connectivity index (χ2v) is 6.71. The minimum Gasteiger partial charge on any atom is -0.289 e. The molecule has 21 heavy (non-hydrogen) atoms. The second-order valence-electron chi connectivity index (χ2n) is 4.74. The first-order chi connectivity index (χ1) is 10.3. The van der Waals surface area contributed by atoms with E-state index in [1.165, 1.54) is 5.56 Å². The molecule has 2 aromatic rings. The third-order valence-corrected chi connectivity index (χ3v) is 5.18. The molecule has 1 aliphatic heterocycles. The Morgan fingerprint density at radius 1 is 1.24 bits per heavy atom. The van der Waals surface area contributed by atoms with Crippen LogP contribution >= 0.6 is 23.1 Å². The van der Waals surface area contributed by atoms with E-state index in [0.29, 0.717) is 19.5 Å². The number of thioether (sulfide) groups is 1. The number of benzene rings is 1. The van der Waals surface area contributed by atoms with Crippen molar-refractivity contribution < 1.29 is 4.79 Å². The molecule has 0 N–H and O–H groups in total. The fraction of sp³-hybridized carbons (Fsp3) is 0.250. The molecule has 0 fully saturated rings. The minimum absolute atomic E-state index is 0.147. The van der Waals surface area contributed by atoms with Gasteiger partial charge in [0, 0.05) is 17.2 Å².